The number of thiazole rings is 1. The number of likely N-dealkylation sites (tertiary alicyclic amines) is 1. The lowest BCUT2D eigenvalue weighted by Gasteiger charge is -2.24. The highest BCUT2D eigenvalue weighted by molar-refractivity contribution is 7.15. The summed E-state index contributed by atoms with van der Waals surface area (Å²) >= 11 is 1.61. The van der Waals surface area contributed by atoms with E-state index in [9.17, 15) is 9.18 Å². The largest absolute Gasteiger partial charge is 0.323 e. The molecule has 4 rings (SSSR count). The Hall–Kier alpha value is -1.95. The van der Waals surface area contributed by atoms with Gasteiger partial charge >= 0.3 is 6.03 Å². The van der Waals surface area contributed by atoms with Crippen LogP contribution < -0.4 is 5.32 Å². The van der Waals surface area contributed by atoms with Crippen LogP contribution in [0.1, 0.15) is 41.8 Å². The Balaban J connectivity index is 1.42. The Morgan fingerprint density at radius 2 is 2.20 bits per heavy atom. The van der Waals surface area contributed by atoms with Crippen LogP contribution >= 0.6 is 11.3 Å². The first-order valence-electron chi connectivity index (χ1n) is 9.00. The predicted octanol–water partition coefficient (Wildman–Crippen LogP) is 4.40. The number of halogens is 1. The molecule has 0 saturated carbocycles. The standard InChI is InChI=1S/C19H22FN3OS/c20-14-6-3-5-13(11-14)12-15-7-4-10-23(15)19(24)22-18-21-16-8-1-2-9-17(16)25-18/h3,5-6,11,15H,1-2,4,7-10,12H2,(H,21,22,24). The number of rotatable bonds is 3. The van der Waals surface area contributed by atoms with Gasteiger partial charge in [0.25, 0.3) is 0 Å². The van der Waals surface area contributed by atoms with Gasteiger partial charge in [-0.25, -0.2) is 14.2 Å². The highest BCUT2D eigenvalue weighted by atomic mass is 32.1. The van der Waals surface area contributed by atoms with Gasteiger partial charge in [0.05, 0.1) is 5.69 Å². The van der Waals surface area contributed by atoms with Crippen LogP contribution in [-0.2, 0) is 19.3 Å². The molecule has 1 fully saturated rings. The van der Waals surface area contributed by atoms with Gasteiger partial charge in [-0.15, -0.1) is 11.3 Å². The summed E-state index contributed by atoms with van der Waals surface area (Å²) in [6.07, 6.45) is 7.14. The minimum absolute atomic E-state index is 0.0787. The number of hydrogen-bond donors (Lipinski definition) is 1. The summed E-state index contributed by atoms with van der Waals surface area (Å²) in [4.78, 5) is 20.5. The third-order valence-electron chi connectivity index (χ3n) is 5.06. The minimum Gasteiger partial charge on any atom is -0.321 e. The van der Waals surface area contributed by atoms with E-state index in [4.69, 9.17) is 0 Å². The fourth-order valence-electron chi connectivity index (χ4n) is 3.82. The minimum atomic E-state index is -0.222. The Bertz CT molecular complexity index is 752. The van der Waals surface area contributed by atoms with E-state index in [1.165, 1.54) is 23.8 Å². The van der Waals surface area contributed by atoms with Crippen molar-refractivity contribution in [2.75, 3.05) is 11.9 Å². The van der Waals surface area contributed by atoms with Crippen LogP contribution in [0.4, 0.5) is 14.3 Å². The molecule has 0 radical (unpaired) electrons. The number of aromatic nitrogens is 1. The number of anilines is 1. The molecule has 1 aliphatic heterocycles. The number of aryl methyl sites for hydroxylation is 2. The second kappa shape index (κ2) is 7.12. The molecule has 25 heavy (non-hydrogen) atoms. The summed E-state index contributed by atoms with van der Waals surface area (Å²) < 4.78 is 13.4. The summed E-state index contributed by atoms with van der Waals surface area (Å²) in [5.41, 5.74) is 2.10. The smallest absolute Gasteiger partial charge is 0.321 e. The Labute approximate surface area is 151 Å². The van der Waals surface area contributed by atoms with Crippen LogP contribution in [0.2, 0.25) is 0 Å². The van der Waals surface area contributed by atoms with E-state index in [2.05, 4.69) is 10.3 Å². The van der Waals surface area contributed by atoms with Gasteiger partial charge < -0.3 is 4.90 Å². The summed E-state index contributed by atoms with van der Waals surface area (Å²) in [6, 6.07) is 6.70. The number of hydrogen-bond acceptors (Lipinski definition) is 3. The van der Waals surface area contributed by atoms with Crippen LogP contribution in [0.25, 0.3) is 0 Å². The quantitative estimate of drug-likeness (QED) is 0.883. The van der Waals surface area contributed by atoms with Crippen molar-refractivity contribution in [2.24, 2.45) is 0 Å². The molecule has 2 aliphatic rings. The SMILES string of the molecule is O=C(Nc1nc2c(s1)CCCC2)N1CCCC1Cc1cccc(F)c1. The highest BCUT2D eigenvalue weighted by Gasteiger charge is 2.29. The lowest BCUT2D eigenvalue weighted by atomic mass is 10.0. The summed E-state index contributed by atoms with van der Waals surface area (Å²) in [5.74, 6) is -0.222. The average Bonchev–Trinajstić information content (AvgIpc) is 3.20. The zero-order valence-corrected chi connectivity index (χ0v) is 14.9. The van der Waals surface area contributed by atoms with Gasteiger partial charge in [0.15, 0.2) is 5.13 Å². The van der Waals surface area contributed by atoms with Gasteiger partial charge in [-0.2, -0.15) is 0 Å². The molecule has 4 nitrogen and oxygen atoms in total. The molecule has 0 bridgehead atoms. The molecular weight excluding hydrogens is 337 g/mol. The van der Waals surface area contributed by atoms with E-state index in [0.717, 1.165) is 43.5 Å². The zero-order chi connectivity index (χ0) is 17.2. The summed E-state index contributed by atoms with van der Waals surface area (Å²) in [7, 11) is 0. The molecule has 1 atom stereocenters. The predicted molar refractivity (Wildman–Crippen MR) is 97.6 cm³/mol. The normalized spacial score (nSPS) is 19.7. The van der Waals surface area contributed by atoms with Crippen molar-refractivity contribution in [1.29, 1.82) is 0 Å². The van der Waals surface area contributed by atoms with Crippen molar-refractivity contribution < 1.29 is 9.18 Å². The Kier molecular flexibility index (Phi) is 4.70. The number of amides is 2. The molecule has 2 aromatic rings. The van der Waals surface area contributed by atoms with Crippen LogP contribution in [0.5, 0.6) is 0 Å². The van der Waals surface area contributed by atoms with E-state index in [1.54, 1.807) is 23.5 Å². The maximum atomic E-state index is 13.4. The van der Waals surface area contributed by atoms with Crippen molar-refractivity contribution in [3.05, 3.63) is 46.2 Å². The fourth-order valence-corrected chi connectivity index (χ4v) is 4.86. The summed E-state index contributed by atoms with van der Waals surface area (Å²) in [5, 5.41) is 3.70. The van der Waals surface area contributed by atoms with Gasteiger partial charge in [-0.05, 0) is 62.6 Å². The second-order valence-corrected chi connectivity index (χ2v) is 7.93. The molecule has 1 aromatic carbocycles. The fraction of sp³-hybridized carbons (Fsp3) is 0.474. The van der Waals surface area contributed by atoms with E-state index < -0.39 is 0 Å². The van der Waals surface area contributed by atoms with Crippen molar-refractivity contribution >= 4 is 22.5 Å². The maximum Gasteiger partial charge on any atom is 0.323 e. The number of urea groups is 1. The highest BCUT2D eigenvalue weighted by Crippen LogP contribution is 2.30. The van der Waals surface area contributed by atoms with Crippen LogP contribution in [-0.4, -0.2) is 28.5 Å². The van der Waals surface area contributed by atoms with Gasteiger partial charge in [0, 0.05) is 17.5 Å². The molecule has 1 saturated heterocycles. The lowest BCUT2D eigenvalue weighted by molar-refractivity contribution is 0.206. The molecule has 6 heteroatoms. The number of benzene rings is 1. The first-order valence-corrected chi connectivity index (χ1v) is 9.81. The van der Waals surface area contributed by atoms with Gasteiger partial charge in [0.1, 0.15) is 5.82 Å². The molecule has 1 aliphatic carbocycles. The van der Waals surface area contributed by atoms with Crippen molar-refractivity contribution in [1.82, 2.24) is 9.88 Å². The third kappa shape index (κ3) is 3.68. The lowest BCUT2D eigenvalue weighted by Crippen LogP contribution is -2.39. The molecule has 1 unspecified atom stereocenters. The van der Waals surface area contributed by atoms with Gasteiger partial charge in [-0.1, -0.05) is 12.1 Å². The van der Waals surface area contributed by atoms with Gasteiger partial charge in [0.2, 0.25) is 0 Å². The van der Waals surface area contributed by atoms with E-state index in [-0.39, 0.29) is 17.9 Å². The molecular formula is C19H22FN3OS. The first-order chi connectivity index (χ1) is 12.2. The number of fused-ring (bicyclic) bond motifs is 1. The molecule has 2 heterocycles. The summed E-state index contributed by atoms with van der Waals surface area (Å²) in [6.45, 7) is 0.747. The number of nitrogens with zero attached hydrogens (tertiary/aromatic N) is 2. The molecule has 132 valence electrons. The topological polar surface area (TPSA) is 45.2 Å². The molecule has 0 spiro atoms. The monoisotopic (exact) mass is 359 g/mol. The Morgan fingerprint density at radius 1 is 1.32 bits per heavy atom. The van der Waals surface area contributed by atoms with E-state index in [1.807, 2.05) is 11.0 Å². The number of carbonyl (C=O) groups excluding carboxylic acids is 1. The molecule has 1 N–H and O–H groups in total. The average molecular weight is 359 g/mol. The van der Waals surface area contributed by atoms with Crippen molar-refractivity contribution in [3.8, 4) is 0 Å². The zero-order valence-electron chi connectivity index (χ0n) is 14.1. The first kappa shape index (κ1) is 16.5. The second-order valence-electron chi connectivity index (χ2n) is 6.85. The van der Waals surface area contributed by atoms with Crippen molar-refractivity contribution in [3.63, 3.8) is 0 Å². The molecule has 1 aromatic heterocycles. The van der Waals surface area contributed by atoms with E-state index in [0.29, 0.717) is 11.6 Å². The number of carbonyl (C=O) groups is 1. The van der Waals surface area contributed by atoms with E-state index >= 15 is 0 Å². The van der Waals surface area contributed by atoms with Gasteiger partial charge in [-0.3, -0.25) is 5.32 Å². The third-order valence-corrected chi connectivity index (χ3v) is 6.13. The van der Waals surface area contributed by atoms with Crippen LogP contribution in [0, 0.1) is 5.82 Å². The van der Waals surface area contributed by atoms with Crippen molar-refractivity contribution in [2.45, 2.75) is 51.0 Å². The maximum absolute atomic E-state index is 13.4. The number of nitrogens with one attached hydrogen (secondary N) is 1. The van der Waals surface area contributed by atoms with Crippen LogP contribution in [0.15, 0.2) is 24.3 Å². The molecule has 2 amide bonds. The van der Waals surface area contributed by atoms with Crippen LogP contribution in [0.3, 0.4) is 0 Å². The Morgan fingerprint density at radius 3 is 3.04 bits per heavy atom.